The number of aromatic nitrogens is 2. The molecule has 1 amide bonds. The molecule has 166 valence electrons. The number of nitrogens with one attached hydrogen (secondary N) is 1. The first-order chi connectivity index (χ1) is 15.0. The third kappa shape index (κ3) is 5.47. The molecule has 2 heterocycles. The summed E-state index contributed by atoms with van der Waals surface area (Å²) in [6.07, 6.45) is 8.03. The van der Waals surface area contributed by atoms with Gasteiger partial charge in [-0.1, -0.05) is 6.92 Å². The normalized spacial score (nSPS) is 12.6. The number of anilines is 3. The molecular weight excluding hydrogens is 430 g/mol. The number of thiol groups is 1. The van der Waals surface area contributed by atoms with Gasteiger partial charge in [0.1, 0.15) is 17.0 Å². The lowest BCUT2D eigenvalue weighted by Gasteiger charge is -2.15. The summed E-state index contributed by atoms with van der Waals surface area (Å²) < 4.78 is 0. The van der Waals surface area contributed by atoms with Gasteiger partial charge in [0.05, 0.1) is 12.0 Å². The first kappa shape index (κ1) is 23.3. The van der Waals surface area contributed by atoms with E-state index in [4.69, 9.17) is 10.8 Å². The van der Waals surface area contributed by atoms with Crippen LogP contribution in [0, 0.1) is 0 Å². The Bertz CT molecular complexity index is 1050. The Morgan fingerprint density at radius 1 is 1.32 bits per heavy atom. The van der Waals surface area contributed by atoms with Crippen LogP contribution in [-0.4, -0.2) is 46.6 Å². The Hall–Kier alpha value is -2.36. The molecule has 4 N–H and O–H groups in total. The molecule has 0 fully saturated rings. The van der Waals surface area contributed by atoms with Crippen molar-refractivity contribution in [3.05, 3.63) is 34.5 Å². The Labute approximate surface area is 192 Å². The van der Waals surface area contributed by atoms with E-state index in [-0.39, 0.29) is 6.61 Å². The number of amides is 1. The molecule has 0 spiro atoms. The zero-order valence-electron chi connectivity index (χ0n) is 17.9. The molecule has 4 rings (SSSR count). The van der Waals surface area contributed by atoms with Crippen molar-refractivity contribution < 1.29 is 9.90 Å². The van der Waals surface area contributed by atoms with Crippen LogP contribution in [0.3, 0.4) is 0 Å². The van der Waals surface area contributed by atoms with Gasteiger partial charge < -0.3 is 21.1 Å². The van der Waals surface area contributed by atoms with E-state index in [1.165, 1.54) is 45.6 Å². The maximum atomic E-state index is 9.71. The van der Waals surface area contributed by atoms with E-state index in [1.807, 2.05) is 23.5 Å². The van der Waals surface area contributed by atoms with Crippen molar-refractivity contribution in [3.63, 3.8) is 0 Å². The van der Waals surface area contributed by atoms with Crippen LogP contribution in [0.15, 0.2) is 23.4 Å². The number of nitrogens with zero attached hydrogens (tertiary/aromatic N) is 3. The molecule has 0 saturated heterocycles. The van der Waals surface area contributed by atoms with Gasteiger partial charge in [-0.15, -0.1) is 24.0 Å². The second-order valence-electron chi connectivity index (χ2n) is 7.47. The van der Waals surface area contributed by atoms with E-state index >= 15 is 0 Å². The highest BCUT2D eigenvalue weighted by Crippen LogP contribution is 2.39. The molecule has 1 aromatic carbocycles. The number of nitrogen functional groups attached to an aromatic ring is 1. The molecule has 1 aliphatic rings. The second kappa shape index (κ2) is 10.8. The molecule has 31 heavy (non-hydrogen) atoms. The van der Waals surface area contributed by atoms with Crippen molar-refractivity contribution in [3.8, 4) is 0 Å². The van der Waals surface area contributed by atoms with Crippen LogP contribution in [0.4, 0.5) is 17.2 Å². The lowest BCUT2D eigenvalue weighted by molar-refractivity contribution is -0.117. The van der Waals surface area contributed by atoms with Crippen LogP contribution in [0.25, 0.3) is 10.2 Å². The Morgan fingerprint density at radius 2 is 2.10 bits per heavy atom. The van der Waals surface area contributed by atoms with Crippen LogP contribution in [0.2, 0.25) is 0 Å². The number of nitrogens with two attached hydrogens (primary N) is 1. The number of fused-ring (bicyclic) bond motifs is 3. The SMILES string of the molecule is CCc1cc(N)c(S)cc1Nc1ncnc2sc3c(c12)CCCC3.CN(C=O)CCO. The standard InChI is InChI=1S/C18H20N4S2.C4H9NO2/c1-2-10-7-12(19)14(23)8-13(10)22-17-16-11-5-3-4-6-15(11)24-18(16)21-9-20-17;1-5(4-7)2-3-6/h7-9,23H,2-6,19H2,1H3,(H,20,21,22);4,6H,2-3H2,1H3. The minimum absolute atomic E-state index is 0.0369. The van der Waals surface area contributed by atoms with Gasteiger partial charge in [-0.3, -0.25) is 4.79 Å². The maximum absolute atomic E-state index is 9.71. The first-order valence-corrected chi connectivity index (χ1v) is 11.6. The van der Waals surface area contributed by atoms with Gasteiger partial charge in [-0.25, -0.2) is 9.97 Å². The number of hydrogen-bond acceptors (Lipinski definition) is 8. The molecular formula is C22H29N5O2S2. The number of aryl methyl sites for hydroxylation is 3. The molecule has 0 unspecified atom stereocenters. The molecule has 9 heteroatoms. The van der Waals surface area contributed by atoms with Gasteiger partial charge in [-0.05, 0) is 55.4 Å². The zero-order chi connectivity index (χ0) is 22.4. The molecule has 0 radical (unpaired) electrons. The van der Waals surface area contributed by atoms with E-state index in [2.05, 4.69) is 34.8 Å². The number of hydrogen-bond donors (Lipinski definition) is 4. The minimum Gasteiger partial charge on any atom is -0.398 e. The van der Waals surface area contributed by atoms with E-state index in [9.17, 15) is 4.79 Å². The monoisotopic (exact) mass is 459 g/mol. The summed E-state index contributed by atoms with van der Waals surface area (Å²) in [6.45, 7) is 2.58. The van der Waals surface area contributed by atoms with Gasteiger partial charge in [0, 0.05) is 34.7 Å². The third-order valence-corrected chi connectivity index (χ3v) is 6.86. The summed E-state index contributed by atoms with van der Waals surface area (Å²) in [4.78, 5) is 23.5. The summed E-state index contributed by atoms with van der Waals surface area (Å²) in [5.74, 6) is 0.895. The maximum Gasteiger partial charge on any atom is 0.209 e. The molecule has 0 atom stereocenters. The van der Waals surface area contributed by atoms with Crippen LogP contribution in [-0.2, 0) is 24.1 Å². The molecule has 7 nitrogen and oxygen atoms in total. The molecule has 2 aromatic heterocycles. The second-order valence-corrected chi connectivity index (χ2v) is 9.04. The molecule has 3 aromatic rings. The summed E-state index contributed by atoms with van der Waals surface area (Å²) in [6, 6.07) is 3.98. The van der Waals surface area contributed by atoms with Gasteiger partial charge in [0.2, 0.25) is 6.41 Å². The first-order valence-electron chi connectivity index (χ1n) is 10.4. The van der Waals surface area contributed by atoms with Gasteiger partial charge in [0.15, 0.2) is 0 Å². The number of aliphatic hydroxyl groups is 1. The van der Waals surface area contributed by atoms with Crippen molar-refractivity contribution in [2.75, 3.05) is 31.2 Å². The fourth-order valence-corrected chi connectivity index (χ4v) is 5.01. The highest BCUT2D eigenvalue weighted by molar-refractivity contribution is 7.80. The fourth-order valence-electron chi connectivity index (χ4n) is 3.58. The van der Waals surface area contributed by atoms with Gasteiger partial charge >= 0.3 is 0 Å². The van der Waals surface area contributed by atoms with Crippen molar-refractivity contribution >= 4 is 57.8 Å². The number of benzene rings is 1. The number of likely N-dealkylation sites (N-methyl/N-ethyl adjacent to an activating group) is 1. The van der Waals surface area contributed by atoms with Crippen molar-refractivity contribution in [1.82, 2.24) is 14.9 Å². The predicted octanol–water partition coefficient (Wildman–Crippen LogP) is 3.81. The lowest BCUT2D eigenvalue weighted by Crippen LogP contribution is -2.19. The van der Waals surface area contributed by atoms with E-state index in [0.717, 1.165) is 34.1 Å². The van der Waals surface area contributed by atoms with E-state index < -0.39 is 0 Å². The third-order valence-electron chi connectivity index (χ3n) is 5.27. The number of carbonyl (C=O) groups is 1. The van der Waals surface area contributed by atoms with Crippen LogP contribution >= 0.6 is 24.0 Å². The van der Waals surface area contributed by atoms with Crippen molar-refractivity contribution in [2.45, 2.75) is 43.9 Å². The Morgan fingerprint density at radius 3 is 2.77 bits per heavy atom. The molecule has 1 aliphatic carbocycles. The van der Waals surface area contributed by atoms with Crippen LogP contribution in [0.5, 0.6) is 0 Å². The zero-order valence-corrected chi connectivity index (χ0v) is 19.6. The molecule has 0 aliphatic heterocycles. The number of rotatable bonds is 6. The topological polar surface area (TPSA) is 104 Å². The summed E-state index contributed by atoms with van der Waals surface area (Å²) in [7, 11) is 1.61. The van der Waals surface area contributed by atoms with Crippen LogP contribution in [0.1, 0.15) is 35.8 Å². The minimum atomic E-state index is 0.0369. The summed E-state index contributed by atoms with van der Waals surface area (Å²) >= 11 is 6.28. The predicted molar refractivity (Wildman–Crippen MR) is 131 cm³/mol. The summed E-state index contributed by atoms with van der Waals surface area (Å²) in [5.41, 5.74) is 10.3. The van der Waals surface area contributed by atoms with Gasteiger partial charge in [0.25, 0.3) is 0 Å². The fraction of sp³-hybridized carbons (Fsp3) is 0.409. The Balaban J connectivity index is 0.000000339. The number of aliphatic hydroxyl groups excluding tert-OH is 1. The highest BCUT2D eigenvalue weighted by atomic mass is 32.1. The van der Waals surface area contributed by atoms with E-state index in [1.54, 1.807) is 13.4 Å². The Kier molecular flexibility index (Phi) is 8.11. The number of thiophene rings is 1. The quantitative estimate of drug-likeness (QED) is 0.254. The van der Waals surface area contributed by atoms with E-state index in [0.29, 0.717) is 18.6 Å². The molecule has 0 bridgehead atoms. The van der Waals surface area contributed by atoms with Crippen molar-refractivity contribution in [2.24, 2.45) is 0 Å². The largest absolute Gasteiger partial charge is 0.398 e. The number of carbonyl (C=O) groups excluding carboxylic acids is 1. The average Bonchev–Trinajstić information content (AvgIpc) is 3.16. The molecule has 0 saturated carbocycles. The average molecular weight is 460 g/mol. The van der Waals surface area contributed by atoms with Gasteiger partial charge in [-0.2, -0.15) is 0 Å². The highest BCUT2D eigenvalue weighted by Gasteiger charge is 2.20. The van der Waals surface area contributed by atoms with Crippen molar-refractivity contribution in [1.29, 1.82) is 0 Å². The smallest absolute Gasteiger partial charge is 0.209 e. The summed E-state index contributed by atoms with van der Waals surface area (Å²) in [5, 5.41) is 12.9. The lowest BCUT2D eigenvalue weighted by atomic mass is 9.97. The van der Waals surface area contributed by atoms with Crippen LogP contribution < -0.4 is 11.1 Å².